The van der Waals surface area contributed by atoms with Crippen molar-refractivity contribution in [2.24, 2.45) is 0 Å². The van der Waals surface area contributed by atoms with E-state index in [1.807, 2.05) is 18.2 Å². The average molecular weight is 535 g/mol. The summed E-state index contributed by atoms with van der Waals surface area (Å²) in [6.45, 7) is 0. The van der Waals surface area contributed by atoms with Crippen LogP contribution in [0.25, 0.3) is 87.7 Å². The summed E-state index contributed by atoms with van der Waals surface area (Å²) >= 11 is 0. The first-order chi connectivity index (χ1) is 20.8. The van der Waals surface area contributed by atoms with Gasteiger partial charge >= 0.3 is 0 Å². The largest absolute Gasteiger partial charge is 0.308 e. The Balaban J connectivity index is 1.50. The zero-order valence-electron chi connectivity index (χ0n) is 22.1. The molecule has 0 aliphatic rings. The molecule has 42 heavy (non-hydrogen) atoms. The lowest BCUT2D eigenvalue weighted by Crippen LogP contribution is -2.04. The minimum Gasteiger partial charge on any atom is -0.308 e. The molecule has 0 atom stereocenters. The third kappa shape index (κ3) is 2.56. The highest BCUT2D eigenvalue weighted by Crippen LogP contribution is 2.47. The lowest BCUT2D eigenvalue weighted by Gasteiger charge is -2.08. The van der Waals surface area contributed by atoms with Gasteiger partial charge in [0.2, 0.25) is 5.95 Å². The SMILES string of the molecule is N#Cc1nc(-n2c3ccccc3c3c4c5cc6ccccc6cc5n5c6ccccc6c(cc32)c45)nc2ncccc12. The number of para-hydroxylation sites is 2. The number of pyridine rings is 1. The molecule has 0 fully saturated rings. The Morgan fingerprint density at radius 3 is 2.17 bits per heavy atom. The fourth-order valence-corrected chi connectivity index (χ4v) is 7.05. The van der Waals surface area contributed by atoms with Gasteiger partial charge < -0.3 is 4.40 Å². The smallest absolute Gasteiger partial charge is 0.238 e. The molecule has 0 aliphatic carbocycles. The van der Waals surface area contributed by atoms with Gasteiger partial charge in [0.1, 0.15) is 6.07 Å². The number of benzene rings is 5. The van der Waals surface area contributed by atoms with Gasteiger partial charge in [-0.1, -0.05) is 60.7 Å². The molecule has 10 aromatic rings. The van der Waals surface area contributed by atoms with Gasteiger partial charge in [-0.3, -0.25) is 4.57 Å². The van der Waals surface area contributed by atoms with Crippen molar-refractivity contribution in [1.82, 2.24) is 23.9 Å². The van der Waals surface area contributed by atoms with Crippen LogP contribution in [0.4, 0.5) is 0 Å². The molecule has 5 aromatic heterocycles. The molecule has 0 unspecified atom stereocenters. The van der Waals surface area contributed by atoms with E-state index in [9.17, 15) is 5.26 Å². The highest BCUT2D eigenvalue weighted by atomic mass is 15.2. The summed E-state index contributed by atoms with van der Waals surface area (Å²) in [5, 5.41) is 20.2. The third-order valence-corrected chi connectivity index (χ3v) is 8.73. The number of hydrogen-bond acceptors (Lipinski definition) is 4. The van der Waals surface area contributed by atoms with Crippen molar-refractivity contribution in [2.75, 3.05) is 0 Å². The summed E-state index contributed by atoms with van der Waals surface area (Å²) in [5.41, 5.74) is 6.40. The first-order valence-electron chi connectivity index (χ1n) is 13.9. The monoisotopic (exact) mass is 534 g/mol. The van der Waals surface area contributed by atoms with Crippen LogP contribution in [0.2, 0.25) is 0 Å². The van der Waals surface area contributed by atoms with Crippen LogP contribution >= 0.6 is 0 Å². The van der Waals surface area contributed by atoms with Gasteiger partial charge in [-0.05, 0) is 53.2 Å². The van der Waals surface area contributed by atoms with Crippen LogP contribution in [-0.4, -0.2) is 23.9 Å². The molecule has 0 bridgehead atoms. The zero-order valence-corrected chi connectivity index (χ0v) is 22.1. The van der Waals surface area contributed by atoms with Gasteiger partial charge in [0.05, 0.1) is 33.0 Å². The predicted octanol–water partition coefficient (Wildman–Crippen LogP) is 8.30. The maximum Gasteiger partial charge on any atom is 0.238 e. The van der Waals surface area contributed by atoms with E-state index in [0.717, 1.165) is 21.8 Å². The quantitative estimate of drug-likeness (QED) is 0.212. The van der Waals surface area contributed by atoms with Crippen molar-refractivity contribution in [3.05, 3.63) is 115 Å². The molecule has 0 aliphatic heterocycles. The van der Waals surface area contributed by atoms with Gasteiger partial charge in [-0.25, -0.2) is 9.97 Å². The molecule has 5 heterocycles. The van der Waals surface area contributed by atoms with E-state index >= 15 is 0 Å². The standard InChI is InChI=1S/C36H18N6/c37-19-27-23-12-7-15-38-35(23)40-36(39-27)42-29-14-6-4-11-24(29)32-31(42)18-25-22-10-3-5-13-28(22)41-30-17-21-9-2-1-8-20(21)16-26(30)33(32)34(25)41/h1-18H. The van der Waals surface area contributed by atoms with Crippen LogP contribution in [-0.2, 0) is 0 Å². The molecule has 192 valence electrons. The van der Waals surface area contributed by atoms with Gasteiger partial charge in [0.25, 0.3) is 0 Å². The number of fused-ring (bicyclic) bond motifs is 12. The van der Waals surface area contributed by atoms with E-state index in [4.69, 9.17) is 9.97 Å². The van der Waals surface area contributed by atoms with E-state index < -0.39 is 0 Å². The lowest BCUT2D eigenvalue weighted by atomic mass is 10.0. The summed E-state index contributed by atoms with van der Waals surface area (Å²) < 4.78 is 4.53. The molecule has 0 spiro atoms. The van der Waals surface area contributed by atoms with Crippen LogP contribution in [0, 0.1) is 11.3 Å². The second-order valence-electron chi connectivity index (χ2n) is 10.8. The topological polar surface area (TPSA) is 71.8 Å². The Labute approximate surface area is 237 Å². The Bertz CT molecular complexity index is 2810. The highest BCUT2D eigenvalue weighted by molar-refractivity contribution is 6.36. The molecule has 0 radical (unpaired) electrons. The summed E-state index contributed by atoms with van der Waals surface area (Å²) in [7, 11) is 0. The van der Waals surface area contributed by atoms with Crippen LogP contribution in [0.1, 0.15) is 5.69 Å². The summed E-state index contributed by atoms with van der Waals surface area (Å²) in [4.78, 5) is 14.2. The molecule has 0 amide bonds. The second-order valence-corrected chi connectivity index (χ2v) is 10.8. The molecular formula is C36H18N6. The van der Waals surface area contributed by atoms with Crippen LogP contribution < -0.4 is 0 Å². The van der Waals surface area contributed by atoms with Crippen LogP contribution in [0.5, 0.6) is 0 Å². The number of aromatic nitrogens is 5. The van der Waals surface area contributed by atoms with E-state index in [1.54, 1.807) is 6.20 Å². The normalized spacial score (nSPS) is 12.3. The second kappa shape index (κ2) is 7.57. The van der Waals surface area contributed by atoms with E-state index in [2.05, 4.69) is 105 Å². The molecule has 10 rings (SSSR count). The number of nitriles is 1. The molecule has 5 aromatic carbocycles. The molecule has 0 saturated carbocycles. The maximum absolute atomic E-state index is 10.0. The Hall–Kier alpha value is -6.06. The minimum absolute atomic E-state index is 0.313. The van der Waals surface area contributed by atoms with Crippen molar-refractivity contribution < 1.29 is 0 Å². The Morgan fingerprint density at radius 2 is 1.31 bits per heavy atom. The van der Waals surface area contributed by atoms with Crippen molar-refractivity contribution in [1.29, 1.82) is 5.26 Å². The molecule has 0 N–H and O–H groups in total. The third-order valence-electron chi connectivity index (χ3n) is 8.73. The fourth-order valence-electron chi connectivity index (χ4n) is 7.05. The highest BCUT2D eigenvalue weighted by Gasteiger charge is 2.25. The number of hydrogen-bond donors (Lipinski definition) is 0. The van der Waals surface area contributed by atoms with E-state index in [1.165, 1.54) is 48.9 Å². The van der Waals surface area contributed by atoms with Gasteiger partial charge in [0, 0.05) is 38.5 Å². The van der Waals surface area contributed by atoms with E-state index in [0.29, 0.717) is 22.7 Å². The number of nitrogens with zero attached hydrogens (tertiary/aromatic N) is 6. The van der Waals surface area contributed by atoms with Gasteiger partial charge in [0.15, 0.2) is 11.3 Å². The minimum atomic E-state index is 0.313. The van der Waals surface area contributed by atoms with Gasteiger partial charge in [-0.2, -0.15) is 10.2 Å². The molecule has 6 heteroatoms. The first-order valence-corrected chi connectivity index (χ1v) is 13.9. The van der Waals surface area contributed by atoms with Crippen molar-refractivity contribution in [3.63, 3.8) is 0 Å². The summed E-state index contributed by atoms with van der Waals surface area (Å²) in [6, 6.07) is 38.4. The zero-order chi connectivity index (χ0) is 27.5. The maximum atomic E-state index is 10.0. The average Bonchev–Trinajstić information content (AvgIpc) is 3.67. The van der Waals surface area contributed by atoms with Crippen molar-refractivity contribution >= 4 is 81.7 Å². The summed E-state index contributed by atoms with van der Waals surface area (Å²) in [6.07, 6.45) is 1.70. The Kier molecular flexibility index (Phi) is 3.91. The molecular weight excluding hydrogens is 516 g/mol. The first kappa shape index (κ1) is 21.7. The molecule has 0 saturated heterocycles. The van der Waals surface area contributed by atoms with Crippen LogP contribution in [0.15, 0.2) is 109 Å². The van der Waals surface area contributed by atoms with Crippen molar-refractivity contribution in [3.8, 4) is 12.0 Å². The fraction of sp³-hybridized carbons (Fsp3) is 0. The van der Waals surface area contributed by atoms with Crippen LogP contribution in [0.3, 0.4) is 0 Å². The summed E-state index contributed by atoms with van der Waals surface area (Å²) in [5.74, 6) is 0.441. The number of rotatable bonds is 1. The lowest BCUT2D eigenvalue weighted by molar-refractivity contribution is 0.994. The van der Waals surface area contributed by atoms with Gasteiger partial charge in [-0.15, -0.1) is 0 Å². The van der Waals surface area contributed by atoms with E-state index in [-0.39, 0.29) is 0 Å². The molecule has 6 nitrogen and oxygen atoms in total. The van der Waals surface area contributed by atoms with Crippen molar-refractivity contribution in [2.45, 2.75) is 0 Å². The Morgan fingerprint density at radius 1 is 0.571 bits per heavy atom. The predicted molar refractivity (Wildman–Crippen MR) is 169 cm³/mol.